The lowest BCUT2D eigenvalue weighted by atomic mass is 9.98. The van der Waals surface area contributed by atoms with Crippen molar-refractivity contribution in [3.05, 3.63) is 108 Å². The van der Waals surface area contributed by atoms with Crippen LogP contribution in [0.1, 0.15) is 27.7 Å². The number of aromatic amines is 1. The zero-order valence-corrected chi connectivity index (χ0v) is 17.1. The standard InChI is InChI=1S/C26H22FN3O/c1-30-12-11-19-13-17(7-10-25(19)30)14-23(18-5-3-2-4-6-18)29-26(31)24-16-20-15-21(27)8-9-22(20)28-24/h2-13,15-16,23,28H,14H2,1H3,(H,29,31). The second kappa shape index (κ2) is 7.76. The molecule has 5 aromatic rings. The van der Waals surface area contributed by atoms with Gasteiger partial charge in [-0.2, -0.15) is 0 Å². The van der Waals surface area contributed by atoms with Crippen LogP contribution in [0.3, 0.4) is 0 Å². The Kier molecular flexibility index (Phi) is 4.79. The second-order valence-corrected chi connectivity index (χ2v) is 7.88. The van der Waals surface area contributed by atoms with Crippen molar-refractivity contribution in [1.82, 2.24) is 14.9 Å². The number of amides is 1. The molecule has 0 fully saturated rings. The molecule has 5 heteroatoms. The van der Waals surface area contributed by atoms with Crippen molar-refractivity contribution in [1.29, 1.82) is 0 Å². The Morgan fingerprint density at radius 2 is 1.84 bits per heavy atom. The molecule has 1 unspecified atom stereocenters. The fourth-order valence-corrected chi connectivity index (χ4v) is 4.09. The minimum absolute atomic E-state index is 0.196. The first-order valence-electron chi connectivity index (χ1n) is 10.2. The van der Waals surface area contributed by atoms with Gasteiger partial charge in [0.15, 0.2) is 0 Å². The van der Waals surface area contributed by atoms with Gasteiger partial charge in [0.05, 0.1) is 6.04 Å². The van der Waals surface area contributed by atoms with Crippen LogP contribution in [0.5, 0.6) is 0 Å². The van der Waals surface area contributed by atoms with Crippen molar-refractivity contribution in [2.75, 3.05) is 0 Å². The van der Waals surface area contributed by atoms with E-state index in [0.29, 0.717) is 17.5 Å². The van der Waals surface area contributed by atoms with Crippen LogP contribution in [-0.2, 0) is 13.5 Å². The van der Waals surface area contributed by atoms with Gasteiger partial charge in [0.25, 0.3) is 5.91 Å². The average molecular weight is 411 g/mol. The fourth-order valence-electron chi connectivity index (χ4n) is 4.09. The summed E-state index contributed by atoms with van der Waals surface area (Å²) in [5.74, 6) is -0.539. The first-order valence-corrected chi connectivity index (χ1v) is 10.2. The molecule has 2 aromatic heterocycles. The minimum Gasteiger partial charge on any atom is -0.351 e. The van der Waals surface area contributed by atoms with Gasteiger partial charge >= 0.3 is 0 Å². The molecule has 31 heavy (non-hydrogen) atoms. The number of hydrogen-bond donors (Lipinski definition) is 2. The summed E-state index contributed by atoms with van der Waals surface area (Å²) in [7, 11) is 2.03. The van der Waals surface area contributed by atoms with Crippen LogP contribution in [0.2, 0.25) is 0 Å². The normalized spacial score (nSPS) is 12.3. The molecule has 0 spiro atoms. The highest BCUT2D eigenvalue weighted by Gasteiger charge is 2.18. The van der Waals surface area contributed by atoms with E-state index in [-0.39, 0.29) is 17.8 Å². The summed E-state index contributed by atoms with van der Waals surface area (Å²) in [4.78, 5) is 16.1. The van der Waals surface area contributed by atoms with Crippen molar-refractivity contribution in [3.8, 4) is 0 Å². The van der Waals surface area contributed by atoms with Gasteiger partial charge in [-0.3, -0.25) is 4.79 Å². The van der Waals surface area contributed by atoms with Crippen molar-refractivity contribution in [2.24, 2.45) is 7.05 Å². The predicted molar refractivity (Wildman–Crippen MR) is 122 cm³/mol. The average Bonchev–Trinajstić information content (AvgIpc) is 3.37. The minimum atomic E-state index is -0.322. The van der Waals surface area contributed by atoms with Crippen LogP contribution >= 0.6 is 0 Å². The number of halogens is 1. The highest BCUT2D eigenvalue weighted by atomic mass is 19.1. The van der Waals surface area contributed by atoms with Gasteiger partial charge in [0.2, 0.25) is 0 Å². The van der Waals surface area contributed by atoms with Gasteiger partial charge in [-0.1, -0.05) is 36.4 Å². The summed E-state index contributed by atoms with van der Waals surface area (Å²) < 4.78 is 15.6. The zero-order valence-electron chi connectivity index (χ0n) is 17.1. The van der Waals surface area contributed by atoms with Gasteiger partial charge in [-0.15, -0.1) is 0 Å². The Morgan fingerprint density at radius 3 is 2.68 bits per heavy atom. The maximum atomic E-state index is 13.5. The summed E-state index contributed by atoms with van der Waals surface area (Å²) in [6.07, 6.45) is 2.71. The van der Waals surface area contributed by atoms with E-state index in [1.807, 2.05) is 43.6 Å². The van der Waals surface area contributed by atoms with E-state index < -0.39 is 0 Å². The highest BCUT2D eigenvalue weighted by molar-refractivity contribution is 5.98. The molecule has 1 atom stereocenters. The van der Waals surface area contributed by atoms with Gasteiger partial charge in [0.1, 0.15) is 11.5 Å². The molecule has 0 radical (unpaired) electrons. The van der Waals surface area contributed by atoms with Crippen molar-refractivity contribution >= 4 is 27.7 Å². The molecule has 0 aliphatic heterocycles. The Morgan fingerprint density at radius 1 is 1.00 bits per heavy atom. The smallest absolute Gasteiger partial charge is 0.268 e. The Balaban J connectivity index is 1.44. The summed E-state index contributed by atoms with van der Waals surface area (Å²) in [6.45, 7) is 0. The number of nitrogens with one attached hydrogen (secondary N) is 2. The molecule has 0 saturated heterocycles. The first-order chi connectivity index (χ1) is 15.1. The molecule has 0 aliphatic rings. The largest absolute Gasteiger partial charge is 0.351 e. The number of carbonyl (C=O) groups is 1. The number of aryl methyl sites for hydroxylation is 1. The maximum Gasteiger partial charge on any atom is 0.268 e. The van der Waals surface area contributed by atoms with Gasteiger partial charge < -0.3 is 14.9 Å². The van der Waals surface area contributed by atoms with Gasteiger partial charge in [0, 0.05) is 29.7 Å². The molecular weight excluding hydrogens is 389 g/mol. The van der Waals surface area contributed by atoms with E-state index >= 15 is 0 Å². The number of aromatic nitrogens is 2. The quantitative estimate of drug-likeness (QED) is 0.393. The molecule has 2 N–H and O–H groups in total. The molecule has 3 aromatic carbocycles. The number of carbonyl (C=O) groups excluding carboxylic acids is 1. The summed E-state index contributed by atoms with van der Waals surface area (Å²) in [5.41, 5.74) is 4.50. The fraction of sp³-hybridized carbons (Fsp3) is 0.115. The monoisotopic (exact) mass is 411 g/mol. The summed E-state index contributed by atoms with van der Waals surface area (Å²) in [6, 6.07) is 24.4. The number of hydrogen-bond acceptors (Lipinski definition) is 1. The van der Waals surface area contributed by atoms with Crippen LogP contribution in [0.15, 0.2) is 85.1 Å². The topological polar surface area (TPSA) is 49.8 Å². The molecule has 0 aliphatic carbocycles. The van der Waals surface area contributed by atoms with Crippen molar-refractivity contribution < 1.29 is 9.18 Å². The molecule has 2 heterocycles. The van der Waals surface area contributed by atoms with Gasteiger partial charge in [-0.05, 0) is 65.4 Å². The van der Waals surface area contributed by atoms with Crippen molar-refractivity contribution in [3.63, 3.8) is 0 Å². The third-order valence-corrected chi connectivity index (χ3v) is 5.72. The number of rotatable bonds is 5. The molecule has 5 rings (SSSR count). The number of benzene rings is 3. The Hall–Kier alpha value is -3.86. The Labute approximate surface area is 179 Å². The maximum absolute atomic E-state index is 13.5. The third kappa shape index (κ3) is 3.82. The van der Waals surface area contributed by atoms with Crippen LogP contribution in [0.25, 0.3) is 21.8 Å². The van der Waals surface area contributed by atoms with E-state index in [1.54, 1.807) is 12.1 Å². The highest BCUT2D eigenvalue weighted by Crippen LogP contribution is 2.24. The molecule has 154 valence electrons. The van der Waals surface area contributed by atoms with Gasteiger partial charge in [-0.25, -0.2) is 4.39 Å². The van der Waals surface area contributed by atoms with Crippen LogP contribution in [0.4, 0.5) is 4.39 Å². The van der Waals surface area contributed by atoms with E-state index in [2.05, 4.69) is 39.1 Å². The first kappa shape index (κ1) is 19.1. The number of nitrogens with zero attached hydrogens (tertiary/aromatic N) is 1. The predicted octanol–water partition coefficient (Wildman–Crippen LogP) is 5.51. The van der Waals surface area contributed by atoms with E-state index in [9.17, 15) is 9.18 Å². The van der Waals surface area contributed by atoms with E-state index in [0.717, 1.165) is 16.6 Å². The SMILES string of the molecule is Cn1ccc2cc(CC(NC(=O)c3cc4cc(F)ccc4[nH]3)c3ccccc3)ccc21. The number of fused-ring (bicyclic) bond motifs is 2. The summed E-state index contributed by atoms with van der Waals surface area (Å²) >= 11 is 0. The molecule has 0 saturated carbocycles. The third-order valence-electron chi connectivity index (χ3n) is 5.72. The lowest BCUT2D eigenvalue weighted by Crippen LogP contribution is -2.30. The Bertz CT molecular complexity index is 1380. The van der Waals surface area contributed by atoms with E-state index in [4.69, 9.17) is 0 Å². The van der Waals surface area contributed by atoms with Crippen LogP contribution in [0, 0.1) is 5.82 Å². The van der Waals surface area contributed by atoms with Crippen molar-refractivity contribution in [2.45, 2.75) is 12.5 Å². The molecule has 4 nitrogen and oxygen atoms in total. The zero-order chi connectivity index (χ0) is 21.4. The molecule has 1 amide bonds. The number of H-pyrrole nitrogens is 1. The lowest BCUT2D eigenvalue weighted by molar-refractivity contribution is 0.0932. The van der Waals surface area contributed by atoms with Crippen LogP contribution in [-0.4, -0.2) is 15.5 Å². The van der Waals surface area contributed by atoms with E-state index in [1.165, 1.54) is 23.0 Å². The molecule has 0 bridgehead atoms. The lowest BCUT2D eigenvalue weighted by Gasteiger charge is -2.19. The van der Waals surface area contributed by atoms with Crippen LogP contribution < -0.4 is 5.32 Å². The molecular formula is C26H22FN3O. The second-order valence-electron chi connectivity index (χ2n) is 7.88. The summed E-state index contributed by atoms with van der Waals surface area (Å²) in [5, 5.41) is 5.01.